The molecule has 0 fully saturated rings. The molecule has 0 saturated heterocycles. The summed E-state index contributed by atoms with van der Waals surface area (Å²) in [4.78, 5) is 47.3. The van der Waals surface area contributed by atoms with Crippen molar-refractivity contribution in [3.05, 3.63) is 35.9 Å². The molecule has 3 amide bonds. The Labute approximate surface area is 144 Å². The van der Waals surface area contributed by atoms with Gasteiger partial charge in [0, 0.05) is 6.42 Å². The lowest BCUT2D eigenvalue weighted by molar-refractivity contribution is -0.149. The highest BCUT2D eigenvalue weighted by Crippen LogP contribution is 2.13. The van der Waals surface area contributed by atoms with Crippen LogP contribution in [0.2, 0.25) is 0 Å². The Hall–Kier alpha value is -2.94. The first-order valence-corrected chi connectivity index (χ1v) is 7.54. The first-order valence-electron chi connectivity index (χ1n) is 7.54. The maximum Gasteiger partial charge on any atom is 0.417 e. The van der Waals surface area contributed by atoms with Crippen LogP contribution in [0.5, 0.6) is 0 Å². The third-order valence-electron chi connectivity index (χ3n) is 3.29. The van der Waals surface area contributed by atoms with Gasteiger partial charge in [-0.15, -0.1) is 0 Å². The summed E-state index contributed by atoms with van der Waals surface area (Å²) in [6, 6.07) is 5.93. The lowest BCUT2D eigenvalue weighted by Crippen LogP contribution is -2.53. The summed E-state index contributed by atoms with van der Waals surface area (Å²) in [6.45, 7) is 1.16. The molecule has 136 valence electrons. The minimum atomic E-state index is -1.60. The molecule has 5 N–H and O–H groups in total. The van der Waals surface area contributed by atoms with E-state index in [1.54, 1.807) is 30.3 Å². The van der Waals surface area contributed by atoms with Crippen LogP contribution < -0.4 is 11.5 Å². The highest BCUT2D eigenvalue weighted by molar-refractivity contribution is 5.98. The van der Waals surface area contributed by atoms with Crippen molar-refractivity contribution in [2.75, 3.05) is 0 Å². The lowest BCUT2D eigenvalue weighted by atomic mass is 10.1. The van der Waals surface area contributed by atoms with Gasteiger partial charge in [0.1, 0.15) is 12.6 Å². The van der Waals surface area contributed by atoms with E-state index in [1.807, 2.05) is 0 Å². The maximum atomic E-state index is 12.3. The molecular weight excluding hydrogens is 330 g/mol. The molecule has 1 rings (SSSR count). The number of primary amides is 1. The quantitative estimate of drug-likeness (QED) is 0.605. The van der Waals surface area contributed by atoms with Crippen molar-refractivity contribution in [1.82, 2.24) is 4.90 Å². The van der Waals surface area contributed by atoms with Gasteiger partial charge < -0.3 is 21.3 Å². The number of amides is 3. The van der Waals surface area contributed by atoms with Crippen LogP contribution in [-0.2, 0) is 25.7 Å². The number of aliphatic carboxylic acids is 1. The van der Waals surface area contributed by atoms with Gasteiger partial charge in [0.2, 0.25) is 11.8 Å². The fraction of sp³-hybridized carbons (Fsp3) is 0.375. The van der Waals surface area contributed by atoms with E-state index in [0.717, 1.165) is 0 Å². The lowest BCUT2D eigenvalue weighted by Gasteiger charge is -2.27. The monoisotopic (exact) mass is 351 g/mol. The number of imide groups is 1. The van der Waals surface area contributed by atoms with Crippen molar-refractivity contribution in [2.24, 2.45) is 11.5 Å². The summed E-state index contributed by atoms with van der Waals surface area (Å²) in [5.41, 5.74) is 11.2. The van der Waals surface area contributed by atoms with E-state index in [2.05, 4.69) is 0 Å². The van der Waals surface area contributed by atoms with Gasteiger partial charge in [0.25, 0.3) is 0 Å². The minimum Gasteiger partial charge on any atom is -0.480 e. The molecule has 1 aromatic carbocycles. The first-order chi connectivity index (χ1) is 11.7. The topological polar surface area (TPSA) is 153 Å². The van der Waals surface area contributed by atoms with E-state index < -0.39 is 36.0 Å². The number of carbonyl (C=O) groups excluding carboxylic acids is 3. The molecule has 0 saturated carbocycles. The van der Waals surface area contributed by atoms with Gasteiger partial charge in [-0.3, -0.25) is 9.59 Å². The van der Waals surface area contributed by atoms with Gasteiger partial charge in [0.15, 0.2) is 0 Å². The van der Waals surface area contributed by atoms with Crippen molar-refractivity contribution < 1.29 is 29.0 Å². The predicted molar refractivity (Wildman–Crippen MR) is 87.0 cm³/mol. The van der Waals surface area contributed by atoms with Crippen LogP contribution >= 0.6 is 0 Å². The summed E-state index contributed by atoms with van der Waals surface area (Å²) < 4.78 is 5.03. The van der Waals surface area contributed by atoms with E-state index in [4.69, 9.17) is 16.2 Å². The molecule has 0 aliphatic rings. The molecule has 9 heteroatoms. The largest absolute Gasteiger partial charge is 0.480 e. The molecule has 9 nitrogen and oxygen atoms in total. The second-order valence-corrected chi connectivity index (χ2v) is 5.40. The molecule has 0 bridgehead atoms. The minimum absolute atomic E-state index is 0.148. The number of carbonyl (C=O) groups is 4. The Kier molecular flexibility index (Phi) is 7.54. The summed E-state index contributed by atoms with van der Waals surface area (Å²) in [5.74, 6) is -3.14. The molecule has 2 unspecified atom stereocenters. The van der Waals surface area contributed by atoms with Gasteiger partial charge in [-0.1, -0.05) is 30.3 Å². The van der Waals surface area contributed by atoms with Crippen LogP contribution in [0.4, 0.5) is 4.79 Å². The van der Waals surface area contributed by atoms with Gasteiger partial charge in [0.05, 0.1) is 6.04 Å². The Morgan fingerprint density at radius 1 is 1.20 bits per heavy atom. The average Bonchev–Trinajstić information content (AvgIpc) is 2.56. The van der Waals surface area contributed by atoms with Crippen molar-refractivity contribution in [2.45, 2.75) is 38.5 Å². The number of ether oxygens (including phenoxy) is 1. The Bertz CT molecular complexity index is 632. The maximum absolute atomic E-state index is 12.3. The summed E-state index contributed by atoms with van der Waals surface area (Å²) in [7, 11) is 0. The predicted octanol–water partition coefficient (Wildman–Crippen LogP) is 0.218. The number of benzene rings is 1. The molecule has 0 aromatic heterocycles. The van der Waals surface area contributed by atoms with E-state index in [9.17, 15) is 24.3 Å². The van der Waals surface area contributed by atoms with E-state index in [1.165, 1.54) is 6.92 Å². The number of hydrogen-bond donors (Lipinski definition) is 3. The second kappa shape index (κ2) is 9.38. The number of nitrogens with two attached hydrogens (primary N) is 2. The normalized spacial score (nSPS) is 12.7. The van der Waals surface area contributed by atoms with Crippen LogP contribution in [0.25, 0.3) is 0 Å². The van der Waals surface area contributed by atoms with Gasteiger partial charge in [-0.05, 0) is 18.9 Å². The fourth-order valence-corrected chi connectivity index (χ4v) is 2.02. The van der Waals surface area contributed by atoms with Crippen molar-refractivity contribution in [3.63, 3.8) is 0 Å². The summed E-state index contributed by atoms with van der Waals surface area (Å²) >= 11 is 0. The number of rotatable bonds is 8. The summed E-state index contributed by atoms with van der Waals surface area (Å²) in [5, 5.41) is 9.33. The standard InChI is InChI=1S/C16H21N3O6/c1-10(17)14(21)19(12(15(22)23)7-8-13(18)20)16(24)25-9-11-5-3-2-4-6-11/h2-6,10,12H,7-9,17H2,1H3,(H2,18,20)(H,22,23). The van der Waals surface area contributed by atoms with Gasteiger partial charge >= 0.3 is 12.1 Å². The molecular formula is C16H21N3O6. The van der Waals surface area contributed by atoms with Gasteiger partial charge in [-0.25, -0.2) is 14.5 Å². The molecule has 0 heterocycles. The zero-order valence-corrected chi connectivity index (χ0v) is 13.8. The van der Waals surface area contributed by atoms with Crippen LogP contribution in [0.15, 0.2) is 30.3 Å². The van der Waals surface area contributed by atoms with Gasteiger partial charge in [-0.2, -0.15) is 0 Å². The van der Waals surface area contributed by atoms with Crippen molar-refractivity contribution in [3.8, 4) is 0 Å². The van der Waals surface area contributed by atoms with E-state index in [0.29, 0.717) is 10.5 Å². The average molecular weight is 351 g/mol. The van der Waals surface area contributed by atoms with Crippen LogP contribution in [0.3, 0.4) is 0 Å². The molecule has 2 atom stereocenters. The third kappa shape index (κ3) is 6.22. The third-order valence-corrected chi connectivity index (χ3v) is 3.29. The Balaban J connectivity index is 2.96. The zero-order valence-electron chi connectivity index (χ0n) is 13.8. The van der Waals surface area contributed by atoms with Crippen LogP contribution in [0, 0.1) is 0 Å². The second-order valence-electron chi connectivity index (χ2n) is 5.40. The highest BCUT2D eigenvalue weighted by atomic mass is 16.6. The number of nitrogens with zero attached hydrogens (tertiary/aromatic N) is 1. The molecule has 0 radical (unpaired) electrons. The van der Waals surface area contributed by atoms with E-state index >= 15 is 0 Å². The Morgan fingerprint density at radius 2 is 1.80 bits per heavy atom. The number of carboxylic acid groups (broad SMARTS) is 1. The fourth-order valence-electron chi connectivity index (χ4n) is 2.02. The zero-order chi connectivity index (χ0) is 19.0. The highest BCUT2D eigenvalue weighted by Gasteiger charge is 2.37. The number of hydrogen-bond acceptors (Lipinski definition) is 6. The first kappa shape index (κ1) is 20.1. The molecule has 25 heavy (non-hydrogen) atoms. The molecule has 1 aromatic rings. The van der Waals surface area contributed by atoms with Crippen LogP contribution in [0.1, 0.15) is 25.3 Å². The molecule has 0 spiro atoms. The van der Waals surface area contributed by atoms with E-state index in [-0.39, 0.29) is 19.4 Å². The van der Waals surface area contributed by atoms with Crippen molar-refractivity contribution in [1.29, 1.82) is 0 Å². The smallest absolute Gasteiger partial charge is 0.417 e. The molecule has 0 aliphatic carbocycles. The van der Waals surface area contributed by atoms with Crippen LogP contribution in [-0.4, -0.2) is 46.0 Å². The SMILES string of the molecule is CC(N)C(=O)N(C(=O)OCc1ccccc1)C(CCC(N)=O)C(=O)O. The molecule has 0 aliphatic heterocycles. The Morgan fingerprint density at radius 3 is 2.28 bits per heavy atom. The summed E-state index contributed by atoms with van der Waals surface area (Å²) in [6.07, 6.45) is -1.79. The number of carboxylic acids is 1. The van der Waals surface area contributed by atoms with Crippen molar-refractivity contribution >= 4 is 23.9 Å².